The summed E-state index contributed by atoms with van der Waals surface area (Å²) in [6, 6.07) is 5.23. The van der Waals surface area contributed by atoms with E-state index in [1.807, 2.05) is 0 Å². The lowest BCUT2D eigenvalue weighted by molar-refractivity contribution is -0.132. The molecule has 0 aliphatic carbocycles. The molecule has 3 nitrogen and oxygen atoms in total. The Morgan fingerprint density at radius 1 is 1.50 bits per heavy atom. The Morgan fingerprint density at radius 2 is 2.14 bits per heavy atom. The second-order valence-corrected chi connectivity index (χ2v) is 3.17. The molecular weight excluding hydrogens is 180 g/mol. The molecule has 0 radical (unpaired) electrons. The van der Waals surface area contributed by atoms with E-state index in [1.165, 1.54) is 0 Å². The Kier molecular flexibility index (Phi) is 2.92. The monoisotopic (exact) mass is 192 g/mol. The SMILES string of the molecule is C=C(Cc1cccc(C)c1O)C(=O)O. The summed E-state index contributed by atoms with van der Waals surface area (Å²) < 4.78 is 0. The van der Waals surface area contributed by atoms with Crippen molar-refractivity contribution in [3.05, 3.63) is 41.5 Å². The smallest absolute Gasteiger partial charge is 0.331 e. The summed E-state index contributed by atoms with van der Waals surface area (Å²) in [5, 5.41) is 18.2. The fraction of sp³-hybridized carbons (Fsp3) is 0.182. The zero-order chi connectivity index (χ0) is 10.7. The molecule has 0 aromatic heterocycles. The van der Waals surface area contributed by atoms with E-state index < -0.39 is 5.97 Å². The van der Waals surface area contributed by atoms with Crippen LogP contribution < -0.4 is 0 Å². The molecule has 0 saturated heterocycles. The van der Waals surface area contributed by atoms with Crippen LogP contribution in [0.3, 0.4) is 0 Å². The molecule has 0 fully saturated rings. The van der Waals surface area contributed by atoms with Crippen LogP contribution in [0.1, 0.15) is 11.1 Å². The number of carboxylic acid groups (broad SMARTS) is 1. The van der Waals surface area contributed by atoms with Crippen LogP contribution in [-0.2, 0) is 11.2 Å². The molecule has 74 valence electrons. The molecule has 0 heterocycles. The van der Waals surface area contributed by atoms with Gasteiger partial charge in [-0.1, -0.05) is 24.8 Å². The molecule has 0 aliphatic heterocycles. The van der Waals surface area contributed by atoms with Gasteiger partial charge >= 0.3 is 5.97 Å². The van der Waals surface area contributed by atoms with E-state index in [0.29, 0.717) is 5.56 Å². The van der Waals surface area contributed by atoms with Gasteiger partial charge in [0.15, 0.2) is 0 Å². The van der Waals surface area contributed by atoms with Gasteiger partial charge in [0, 0.05) is 12.0 Å². The maximum atomic E-state index is 10.5. The molecule has 0 amide bonds. The molecule has 14 heavy (non-hydrogen) atoms. The number of rotatable bonds is 3. The highest BCUT2D eigenvalue weighted by atomic mass is 16.4. The van der Waals surface area contributed by atoms with Gasteiger partial charge in [-0.05, 0) is 18.1 Å². The lowest BCUT2D eigenvalue weighted by Gasteiger charge is -2.06. The third kappa shape index (κ3) is 2.13. The zero-order valence-electron chi connectivity index (χ0n) is 7.95. The number of carboxylic acids is 1. The van der Waals surface area contributed by atoms with Gasteiger partial charge in [0.1, 0.15) is 5.75 Å². The van der Waals surface area contributed by atoms with E-state index in [-0.39, 0.29) is 17.7 Å². The molecule has 0 aliphatic rings. The number of carbonyl (C=O) groups is 1. The van der Waals surface area contributed by atoms with Gasteiger partial charge < -0.3 is 10.2 Å². The van der Waals surface area contributed by atoms with Gasteiger partial charge in [-0.15, -0.1) is 0 Å². The summed E-state index contributed by atoms with van der Waals surface area (Å²) in [5.41, 5.74) is 1.41. The Hall–Kier alpha value is -1.77. The second-order valence-electron chi connectivity index (χ2n) is 3.17. The highest BCUT2D eigenvalue weighted by molar-refractivity contribution is 5.86. The summed E-state index contributed by atoms with van der Waals surface area (Å²) in [4.78, 5) is 10.5. The van der Waals surface area contributed by atoms with E-state index in [4.69, 9.17) is 5.11 Å². The van der Waals surface area contributed by atoms with Crippen molar-refractivity contribution in [3.8, 4) is 5.75 Å². The van der Waals surface area contributed by atoms with E-state index in [1.54, 1.807) is 25.1 Å². The average Bonchev–Trinajstić information content (AvgIpc) is 2.12. The van der Waals surface area contributed by atoms with Crippen LogP contribution in [0.4, 0.5) is 0 Å². The topological polar surface area (TPSA) is 57.5 Å². The van der Waals surface area contributed by atoms with E-state index in [0.717, 1.165) is 5.56 Å². The first kappa shape index (κ1) is 10.3. The summed E-state index contributed by atoms with van der Waals surface area (Å²) >= 11 is 0. The van der Waals surface area contributed by atoms with Crippen LogP contribution in [0.25, 0.3) is 0 Å². The summed E-state index contributed by atoms with van der Waals surface area (Å²) in [6.07, 6.45) is 0.169. The number of para-hydroxylation sites is 1. The van der Waals surface area contributed by atoms with Gasteiger partial charge in [-0.25, -0.2) is 4.79 Å². The highest BCUT2D eigenvalue weighted by Crippen LogP contribution is 2.23. The number of hydrogen-bond donors (Lipinski definition) is 2. The Bertz CT molecular complexity index is 380. The van der Waals surface area contributed by atoms with Crippen molar-refractivity contribution in [1.82, 2.24) is 0 Å². The predicted molar refractivity (Wildman–Crippen MR) is 53.3 cm³/mol. The first-order valence-corrected chi connectivity index (χ1v) is 4.21. The van der Waals surface area contributed by atoms with Crippen molar-refractivity contribution in [2.75, 3.05) is 0 Å². The first-order chi connectivity index (χ1) is 6.52. The van der Waals surface area contributed by atoms with Gasteiger partial charge in [0.25, 0.3) is 0 Å². The predicted octanol–water partition coefficient (Wildman–Crippen LogP) is 1.88. The van der Waals surface area contributed by atoms with Gasteiger partial charge in [0.2, 0.25) is 0 Å². The van der Waals surface area contributed by atoms with Crippen molar-refractivity contribution < 1.29 is 15.0 Å². The number of aromatic hydroxyl groups is 1. The van der Waals surface area contributed by atoms with Crippen LogP contribution in [0.2, 0.25) is 0 Å². The van der Waals surface area contributed by atoms with Gasteiger partial charge in [-0.2, -0.15) is 0 Å². The number of phenolic OH excluding ortho intramolecular Hbond substituents is 1. The molecule has 0 unspecified atom stereocenters. The van der Waals surface area contributed by atoms with E-state index in [9.17, 15) is 9.90 Å². The summed E-state index contributed by atoms with van der Waals surface area (Å²) in [7, 11) is 0. The maximum Gasteiger partial charge on any atom is 0.331 e. The largest absolute Gasteiger partial charge is 0.507 e. The molecule has 0 bridgehead atoms. The first-order valence-electron chi connectivity index (χ1n) is 4.21. The third-order valence-electron chi connectivity index (χ3n) is 2.03. The minimum absolute atomic E-state index is 0.0749. The third-order valence-corrected chi connectivity index (χ3v) is 2.03. The van der Waals surface area contributed by atoms with Crippen LogP contribution in [0, 0.1) is 6.92 Å². The van der Waals surface area contributed by atoms with E-state index >= 15 is 0 Å². The van der Waals surface area contributed by atoms with Gasteiger partial charge in [0.05, 0.1) is 0 Å². The molecule has 0 atom stereocenters. The number of hydrogen-bond acceptors (Lipinski definition) is 2. The van der Waals surface area contributed by atoms with Crippen LogP contribution in [0.15, 0.2) is 30.4 Å². The van der Waals surface area contributed by atoms with Crippen molar-refractivity contribution in [2.45, 2.75) is 13.3 Å². The maximum absolute atomic E-state index is 10.5. The van der Waals surface area contributed by atoms with Crippen LogP contribution >= 0.6 is 0 Å². The molecule has 1 aromatic rings. The number of phenols is 1. The molecular formula is C11H12O3. The lowest BCUT2D eigenvalue weighted by Crippen LogP contribution is -2.02. The molecule has 1 aromatic carbocycles. The zero-order valence-corrected chi connectivity index (χ0v) is 7.95. The van der Waals surface area contributed by atoms with E-state index in [2.05, 4.69) is 6.58 Å². The fourth-order valence-electron chi connectivity index (χ4n) is 1.17. The Balaban J connectivity index is 2.93. The average molecular weight is 192 g/mol. The molecule has 0 saturated carbocycles. The molecule has 2 N–H and O–H groups in total. The number of benzene rings is 1. The van der Waals surface area contributed by atoms with Crippen molar-refractivity contribution in [2.24, 2.45) is 0 Å². The molecule has 0 spiro atoms. The molecule has 1 rings (SSSR count). The van der Waals surface area contributed by atoms with Gasteiger partial charge in [-0.3, -0.25) is 0 Å². The quantitative estimate of drug-likeness (QED) is 0.719. The van der Waals surface area contributed by atoms with Crippen molar-refractivity contribution in [3.63, 3.8) is 0 Å². The minimum atomic E-state index is -1.04. The number of aliphatic carboxylic acids is 1. The Morgan fingerprint density at radius 3 is 2.71 bits per heavy atom. The summed E-state index contributed by atoms with van der Waals surface area (Å²) in [5.74, 6) is -0.888. The highest BCUT2D eigenvalue weighted by Gasteiger charge is 2.09. The van der Waals surface area contributed by atoms with Crippen LogP contribution in [-0.4, -0.2) is 16.2 Å². The van der Waals surface area contributed by atoms with Crippen molar-refractivity contribution in [1.29, 1.82) is 0 Å². The fourth-order valence-corrected chi connectivity index (χ4v) is 1.17. The normalized spacial score (nSPS) is 9.79. The number of aryl methyl sites for hydroxylation is 1. The second kappa shape index (κ2) is 3.96. The van der Waals surface area contributed by atoms with Crippen molar-refractivity contribution >= 4 is 5.97 Å². The Labute approximate surface area is 82.3 Å². The summed E-state index contributed by atoms with van der Waals surface area (Å²) in [6.45, 7) is 5.18. The van der Waals surface area contributed by atoms with Crippen LogP contribution in [0.5, 0.6) is 5.75 Å². The minimum Gasteiger partial charge on any atom is -0.507 e. The standard InChI is InChI=1S/C11H12O3/c1-7-4-3-5-9(10(7)12)6-8(2)11(13)14/h3-5,12H,2,6H2,1H3,(H,13,14). The lowest BCUT2D eigenvalue weighted by atomic mass is 10.0. The molecule has 3 heteroatoms.